The first-order valence-corrected chi connectivity index (χ1v) is 9.44. The van der Waals surface area contributed by atoms with Crippen LogP contribution in [0, 0.1) is 11.3 Å². The minimum absolute atomic E-state index is 0.0982. The fourth-order valence-electron chi connectivity index (χ4n) is 3.27. The highest BCUT2D eigenvalue weighted by molar-refractivity contribution is 5.94. The predicted octanol–water partition coefficient (Wildman–Crippen LogP) is 0.561. The van der Waals surface area contributed by atoms with Crippen molar-refractivity contribution in [3.8, 4) is 6.07 Å². The van der Waals surface area contributed by atoms with E-state index in [0.29, 0.717) is 37.3 Å². The number of hydrogen-bond acceptors (Lipinski definition) is 7. The van der Waals surface area contributed by atoms with Crippen LogP contribution in [0.2, 0.25) is 0 Å². The molecule has 0 aliphatic carbocycles. The number of hydrogen-bond donors (Lipinski definition) is 1. The number of primary amides is 1. The van der Waals surface area contributed by atoms with Crippen molar-refractivity contribution in [1.29, 1.82) is 5.26 Å². The molecule has 2 amide bonds. The average molecular weight is 410 g/mol. The van der Waals surface area contributed by atoms with E-state index in [2.05, 4.69) is 9.88 Å². The summed E-state index contributed by atoms with van der Waals surface area (Å²) in [6.45, 7) is 3.92. The first-order chi connectivity index (χ1) is 14.4. The van der Waals surface area contributed by atoms with Gasteiger partial charge in [-0.1, -0.05) is 0 Å². The van der Waals surface area contributed by atoms with Crippen molar-refractivity contribution in [2.24, 2.45) is 5.73 Å². The number of rotatable bonds is 5. The Morgan fingerprint density at radius 2 is 1.97 bits per heavy atom. The van der Waals surface area contributed by atoms with E-state index < -0.39 is 12.2 Å². The highest BCUT2D eigenvalue weighted by Gasteiger charge is 2.23. The number of aromatic nitrogens is 2. The summed E-state index contributed by atoms with van der Waals surface area (Å²) in [5.41, 5.74) is 5.57. The molecule has 0 aromatic carbocycles. The molecular formula is C20H22N6O4. The summed E-state index contributed by atoms with van der Waals surface area (Å²) >= 11 is 0. The number of carbonyl (C=O) groups excluding carboxylic acids is 2. The number of nitrogens with two attached hydrogens (primary N) is 1. The fraction of sp³-hybridized carbons (Fsp3) is 0.350. The molecule has 1 aliphatic heterocycles. The van der Waals surface area contributed by atoms with Gasteiger partial charge in [-0.15, -0.1) is 0 Å². The van der Waals surface area contributed by atoms with Crippen LogP contribution < -0.4 is 16.2 Å². The number of nitrogens with zero attached hydrogens (tertiary/aromatic N) is 5. The maximum atomic E-state index is 12.9. The summed E-state index contributed by atoms with van der Waals surface area (Å²) in [6.07, 6.45) is 1.48. The second kappa shape index (κ2) is 9.09. The molecule has 2 N–H and O–H groups in total. The van der Waals surface area contributed by atoms with E-state index in [1.54, 1.807) is 24.0 Å². The van der Waals surface area contributed by atoms with Gasteiger partial charge in [0, 0.05) is 44.6 Å². The van der Waals surface area contributed by atoms with Crippen LogP contribution in [0.5, 0.6) is 0 Å². The number of pyridine rings is 2. The van der Waals surface area contributed by atoms with E-state index in [4.69, 9.17) is 15.7 Å². The maximum absolute atomic E-state index is 12.9. The van der Waals surface area contributed by atoms with Crippen LogP contribution >= 0.6 is 0 Å². The first-order valence-electron chi connectivity index (χ1n) is 9.44. The van der Waals surface area contributed by atoms with Gasteiger partial charge in [0.1, 0.15) is 18.0 Å². The third kappa shape index (κ3) is 4.94. The topological polar surface area (TPSA) is 135 Å². The molecule has 1 fully saturated rings. The van der Waals surface area contributed by atoms with Crippen molar-refractivity contribution >= 4 is 17.8 Å². The molecule has 30 heavy (non-hydrogen) atoms. The number of anilines is 1. The fourth-order valence-corrected chi connectivity index (χ4v) is 3.27. The molecule has 1 atom stereocenters. The molecule has 0 saturated carbocycles. The van der Waals surface area contributed by atoms with Crippen molar-refractivity contribution in [3.05, 3.63) is 58.1 Å². The van der Waals surface area contributed by atoms with E-state index in [0.717, 1.165) is 5.82 Å². The summed E-state index contributed by atoms with van der Waals surface area (Å²) in [5.74, 6) is 0.581. The van der Waals surface area contributed by atoms with E-state index in [1.165, 1.54) is 29.1 Å². The number of ether oxygens (including phenoxy) is 1. The van der Waals surface area contributed by atoms with Gasteiger partial charge in [-0.2, -0.15) is 5.26 Å². The van der Waals surface area contributed by atoms with Crippen LogP contribution in [0.1, 0.15) is 22.8 Å². The van der Waals surface area contributed by atoms with Crippen LogP contribution in [0.4, 0.5) is 10.6 Å². The number of carbonyl (C=O) groups is 2. The Balaban J connectivity index is 1.64. The normalized spacial score (nSPS) is 14.7. The minimum Gasteiger partial charge on any atom is -0.445 e. The summed E-state index contributed by atoms with van der Waals surface area (Å²) in [4.78, 5) is 43.9. The van der Waals surface area contributed by atoms with Crippen LogP contribution in [-0.2, 0) is 11.3 Å². The quantitative estimate of drug-likeness (QED) is 0.761. The van der Waals surface area contributed by atoms with Gasteiger partial charge >= 0.3 is 6.09 Å². The van der Waals surface area contributed by atoms with E-state index in [9.17, 15) is 14.4 Å². The SMILES string of the molecule is C[C@@H](Cn1cc(C(=O)N2CCN(c3ccc(C#N)cn3)CC2)ccc1=O)OC(N)=O. The van der Waals surface area contributed by atoms with Crippen LogP contribution in [0.15, 0.2) is 41.5 Å². The Kier molecular flexibility index (Phi) is 6.32. The lowest BCUT2D eigenvalue weighted by atomic mass is 10.2. The molecule has 0 bridgehead atoms. The summed E-state index contributed by atoms with van der Waals surface area (Å²) in [7, 11) is 0. The van der Waals surface area contributed by atoms with Crippen LogP contribution in [-0.4, -0.2) is 58.7 Å². The van der Waals surface area contributed by atoms with E-state index in [-0.39, 0.29) is 18.0 Å². The molecule has 0 radical (unpaired) electrons. The van der Waals surface area contributed by atoms with Gasteiger partial charge in [0.15, 0.2) is 0 Å². The van der Waals surface area contributed by atoms with Crippen LogP contribution in [0.25, 0.3) is 0 Å². The third-order valence-corrected chi connectivity index (χ3v) is 4.77. The zero-order chi connectivity index (χ0) is 21.7. The Morgan fingerprint density at radius 3 is 2.57 bits per heavy atom. The Morgan fingerprint density at radius 1 is 1.23 bits per heavy atom. The van der Waals surface area contributed by atoms with Gasteiger partial charge in [0.25, 0.3) is 11.5 Å². The largest absolute Gasteiger partial charge is 0.445 e. The van der Waals surface area contributed by atoms with Crippen molar-refractivity contribution in [1.82, 2.24) is 14.5 Å². The summed E-state index contributed by atoms with van der Waals surface area (Å²) in [5, 5.41) is 8.87. The highest BCUT2D eigenvalue weighted by Crippen LogP contribution is 2.15. The second-order valence-corrected chi connectivity index (χ2v) is 6.95. The number of nitriles is 1. The van der Waals surface area contributed by atoms with Crippen LogP contribution in [0.3, 0.4) is 0 Å². The standard InChI is InChI=1S/C20H22N6O4/c1-14(30-20(22)29)12-26-13-16(3-5-18(26)27)19(28)25-8-6-24(7-9-25)17-4-2-15(10-21)11-23-17/h2-5,11,13-14H,6-9,12H2,1H3,(H2,22,29)/t14-/m0/s1. The molecule has 0 spiro atoms. The molecule has 1 saturated heterocycles. The van der Waals surface area contributed by atoms with Crippen molar-refractivity contribution < 1.29 is 14.3 Å². The molecule has 1 aliphatic rings. The molecule has 3 rings (SSSR count). The smallest absolute Gasteiger partial charge is 0.404 e. The van der Waals surface area contributed by atoms with Gasteiger partial charge in [0.05, 0.1) is 17.7 Å². The van der Waals surface area contributed by atoms with Gasteiger partial charge < -0.3 is 24.8 Å². The number of amides is 2. The first kappa shape index (κ1) is 20.9. The van der Waals surface area contributed by atoms with Crippen molar-refractivity contribution in [2.45, 2.75) is 19.6 Å². The molecule has 2 aromatic heterocycles. The maximum Gasteiger partial charge on any atom is 0.404 e. The lowest BCUT2D eigenvalue weighted by molar-refractivity contribution is 0.0743. The average Bonchev–Trinajstić information content (AvgIpc) is 2.74. The predicted molar refractivity (Wildman–Crippen MR) is 108 cm³/mol. The van der Waals surface area contributed by atoms with E-state index >= 15 is 0 Å². The minimum atomic E-state index is -0.919. The monoisotopic (exact) mass is 410 g/mol. The van der Waals surface area contributed by atoms with Crippen molar-refractivity contribution in [3.63, 3.8) is 0 Å². The Labute approximate surface area is 173 Å². The van der Waals surface area contributed by atoms with Gasteiger partial charge in [-0.25, -0.2) is 9.78 Å². The second-order valence-electron chi connectivity index (χ2n) is 6.95. The number of piperazine rings is 1. The molecule has 0 unspecified atom stereocenters. The van der Waals surface area contributed by atoms with Gasteiger partial charge in [0.2, 0.25) is 0 Å². The molecule has 3 heterocycles. The van der Waals surface area contributed by atoms with Gasteiger partial charge in [-0.05, 0) is 25.1 Å². The molecule has 2 aromatic rings. The Bertz CT molecular complexity index is 1020. The zero-order valence-corrected chi connectivity index (χ0v) is 16.5. The van der Waals surface area contributed by atoms with Crippen molar-refractivity contribution in [2.75, 3.05) is 31.1 Å². The summed E-state index contributed by atoms with van der Waals surface area (Å²) < 4.78 is 6.18. The summed E-state index contributed by atoms with van der Waals surface area (Å²) in [6, 6.07) is 8.36. The molecular weight excluding hydrogens is 388 g/mol. The van der Waals surface area contributed by atoms with E-state index in [1.807, 2.05) is 6.07 Å². The zero-order valence-electron chi connectivity index (χ0n) is 16.5. The third-order valence-electron chi connectivity index (χ3n) is 4.77. The van der Waals surface area contributed by atoms with Gasteiger partial charge in [-0.3, -0.25) is 9.59 Å². The molecule has 10 heteroatoms. The molecule has 10 nitrogen and oxygen atoms in total. The molecule has 156 valence electrons. The lowest BCUT2D eigenvalue weighted by Gasteiger charge is -2.35. The Hall–Kier alpha value is -3.87. The highest BCUT2D eigenvalue weighted by atomic mass is 16.6. The lowest BCUT2D eigenvalue weighted by Crippen LogP contribution is -2.49.